The van der Waals surface area contributed by atoms with Crippen molar-refractivity contribution in [2.45, 2.75) is 0 Å². The highest BCUT2D eigenvalue weighted by Crippen LogP contribution is 2.33. The van der Waals surface area contributed by atoms with Crippen molar-refractivity contribution in [3.63, 3.8) is 0 Å². The predicted octanol–water partition coefficient (Wildman–Crippen LogP) is 5.98. The number of fused-ring (bicyclic) bond motifs is 1. The fourth-order valence-corrected chi connectivity index (χ4v) is 5.40. The van der Waals surface area contributed by atoms with Crippen molar-refractivity contribution in [1.82, 2.24) is 4.90 Å². The minimum atomic E-state index is -0.328. The first-order valence-corrected chi connectivity index (χ1v) is 14.4. The monoisotopic (exact) mass is 591 g/mol. The van der Waals surface area contributed by atoms with Gasteiger partial charge in [-0.25, -0.2) is 0 Å². The van der Waals surface area contributed by atoms with E-state index in [1.165, 1.54) is 5.69 Å². The van der Waals surface area contributed by atoms with Crippen LogP contribution in [0.5, 0.6) is 0 Å². The Kier molecular flexibility index (Phi) is 7.96. The van der Waals surface area contributed by atoms with Crippen LogP contribution in [0, 0.1) is 0 Å². The lowest BCUT2D eigenvalue weighted by atomic mass is 9.99. The molecule has 8 nitrogen and oxygen atoms in total. The number of likely N-dealkylation sites (N-methyl/N-ethyl adjacent to an activating group) is 1. The average molecular weight is 592 g/mol. The maximum atomic E-state index is 13.4. The SMILES string of the molecule is CN1CCN(c2ccc(NC=C3C(=O)Nc4cc(C(=O)c5cccc(NC(=O)c6cccc(Cl)c6)c5)ccc43)cc2)CC1. The molecule has 2 amide bonds. The molecular weight excluding hydrogens is 562 g/mol. The highest BCUT2D eigenvalue weighted by atomic mass is 35.5. The summed E-state index contributed by atoms with van der Waals surface area (Å²) in [6, 6.07) is 26.7. The molecule has 0 spiro atoms. The molecule has 6 rings (SSSR count). The Hall–Kier alpha value is -4.92. The lowest BCUT2D eigenvalue weighted by molar-refractivity contribution is -0.110. The van der Waals surface area contributed by atoms with Crippen molar-refractivity contribution in [1.29, 1.82) is 0 Å². The minimum absolute atomic E-state index is 0.230. The first kappa shape index (κ1) is 28.2. The van der Waals surface area contributed by atoms with Gasteiger partial charge in [0.05, 0.1) is 5.57 Å². The smallest absolute Gasteiger partial charge is 0.257 e. The van der Waals surface area contributed by atoms with E-state index < -0.39 is 0 Å². The number of ketones is 1. The molecule has 2 aliphatic rings. The van der Waals surface area contributed by atoms with Crippen LogP contribution in [0.2, 0.25) is 5.02 Å². The van der Waals surface area contributed by atoms with Gasteiger partial charge in [-0.1, -0.05) is 41.9 Å². The van der Waals surface area contributed by atoms with Gasteiger partial charge in [-0.3, -0.25) is 14.4 Å². The van der Waals surface area contributed by atoms with E-state index in [1.807, 2.05) is 12.1 Å². The van der Waals surface area contributed by atoms with E-state index in [0.717, 1.165) is 31.9 Å². The molecule has 2 heterocycles. The number of hydrogen-bond acceptors (Lipinski definition) is 6. The van der Waals surface area contributed by atoms with Gasteiger partial charge in [0.2, 0.25) is 0 Å². The number of rotatable bonds is 7. The molecule has 0 aromatic heterocycles. The molecule has 0 radical (unpaired) electrons. The molecule has 216 valence electrons. The Balaban J connectivity index is 1.14. The summed E-state index contributed by atoms with van der Waals surface area (Å²) in [5, 5.41) is 9.38. The van der Waals surface area contributed by atoms with Crippen LogP contribution in [-0.4, -0.2) is 55.7 Å². The second kappa shape index (κ2) is 12.1. The van der Waals surface area contributed by atoms with Gasteiger partial charge >= 0.3 is 0 Å². The zero-order valence-electron chi connectivity index (χ0n) is 23.6. The van der Waals surface area contributed by atoms with Gasteiger partial charge in [0.1, 0.15) is 0 Å². The molecule has 43 heavy (non-hydrogen) atoms. The summed E-state index contributed by atoms with van der Waals surface area (Å²) in [5.74, 6) is -0.801. The maximum absolute atomic E-state index is 13.4. The molecule has 9 heteroatoms. The van der Waals surface area contributed by atoms with Gasteiger partial charge in [-0.15, -0.1) is 0 Å². The van der Waals surface area contributed by atoms with E-state index in [1.54, 1.807) is 72.9 Å². The van der Waals surface area contributed by atoms with Crippen LogP contribution in [-0.2, 0) is 4.79 Å². The number of nitrogens with zero attached hydrogens (tertiary/aromatic N) is 2. The van der Waals surface area contributed by atoms with Crippen molar-refractivity contribution in [3.8, 4) is 0 Å². The number of halogens is 1. The number of piperazine rings is 1. The Morgan fingerprint density at radius 3 is 2.30 bits per heavy atom. The van der Waals surface area contributed by atoms with Crippen LogP contribution < -0.4 is 20.9 Å². The fourth-order valence-electron chi connectivity index (χ4n) is 5.21. The summed E-state index contributed by atoms with van der Waals surface area (Å²) in [5.41, 5.74) is 5.56. The highest BCUT2D eigenvalue weighted by Gasteiger charge is 2.25. The summed E-state index contributed by atoms with van der Waals surface area (Å²) in [7, 11) is 2.14. The van der Waals surface area contributed by atoms with Crippen LogP contribution in [0.4, 0.5) is 22.7 Å². The molecule has 4 aromatic carbocycles. The van der Waals surface area contributed by atoms with Crippen molar-refractivity contribution < 1.29 is 14.4 Å². The Labute approximate surface area is 255 Å². The third-order valence-corrected chi connectivity index (χ3v) is 7.89. The van der Waals surface area contributed by atoms with Gasteiger partial charge in [0.15, 0.2) is 5.78 Å². The first-order chi connectivity index (χ1) is 20.8. The molecule has 0 unspecified atom stereocenters. The molecule has 0 bridgehead atoms. The Bertz CT molecular complexity index is 1740. The number of hydrogen-bond donors (Lipinski definition) is 3. The normalized spacial score (nSPS) is 15.6. The third kappa shape index (κ3) is 6.30. The standard InChI is InChI=1S/C34H30ClN5O3/c1-39-14-16-40(17-15-39)28-11-9-26(10-12-28)36-21-30-29-13-8-23(20-31(29)38-34(30)43)32(41)22-4-3-7-27(19-22)37-33(42)24-5-2-6-25(35)18-24/h2-13,18-21,36H,14-17H2,1H3,(H,37,42)(H,38,43). The number of anilines is 4. The second-order valence-corrected chi connectivity index (χ2v) is 11.1. The quantitative estimate of drug-likeness (QED) is 0.181. The number of carbonyl (C=O) groups is 3. The molecule has 0 aliphatic carbocycles. The third-order valence-electron chi connectivity index (χ3n) is 7.65. The van der Waals surface area contributed by atoms with Crippen molar-refractivity contribution >= 4 is 57.5 Å². The molecule has 1 saturated heterocycles. The van der Waals surface area contributed by atoms with E-state index in [-0.39, 0.29) is 17.6 Å². The largest absolute Gasteiger partial charge is 0.369 e. The zero-order valence-corrected chi connectivity index (χ0v) is 24.3. The molecule has 2 aliphatic heterocycles. The molecule has 3 N–H and O–H groups in total. The van der Waals surface area contributed by atoms with E-state index in [9.17, 15) is 14.4 Å². The van der Waals surface area contributed by atoms with Crippen LogP contribution in [0.3, 0.4) is 0 Å². The van der Waals surface area contributed by atoms with Crippen LogP contribution >= 0.6 is 11.6 Å². The Morgan fingerprint density at radius 2 is 1.53 bits per heavy atom. The van der Waals surface area contributed by atoms with Gasteiger partial charge in [-0.05, 0) is 67.7 Å². The zero-order chi connectivity index (χ0) is 29.9. The van der Waals surface area contributed by atoms with Crippen molar-refractivity contribution in [3.05, 3.63) is 124 Å². The first-order valence-electron chi connectivity index (χ1n) is 14.0. The van der Waals surface area contributed by atoms with Crippen LogP contribution in [0.25, 0.3) is 5.57 Å². The molecular formula is C34H30ClN5O3. The van der Waals surface area contributed by atoms with Gasteiger partial charge in [0, 0.05) is 82.4 Å². The van der Waals surface area contributed by atoms with Crippen molar-refractivity contribution in [2.24, 2.45) is 0 Å². The summed E-state index contributed by atoms with van der Waals surface area (Å²) in [6.07, 6.45) is 1.69. The van der Waals surface area contributed by atoms with Crippen LogP contribution in [0.15, 0.2) is 97.2 Å². The Morgan fingerprint density at radius 1 is 0.814 bits per heavy atom. The predicted molar refractivity (Wildman–Crippen MR) is 172 cm³/mol. The number of nitrogens with one attached hydrogen (secondary N) is 3. The van der Waals surface area contributed by atoms with Gasteiger partial charge in [0.25, 0.3) is 11.8 Å². The summed E-state index contributed by atoms with van der Waals surface area (Å²) >= 11 is 6.00. The van der Waals surface area contributed by atoms with Gasteiger partial charge in [-0.2, -0.15) is 0 Å². The van der Waals surface area contributed by atoms with E-state index in [4.69, 9.17) is 11.6 Å². The van der Waals surface area contributed by atoms with Crippen LogP contribution in [0.1, 0.15) is 31.8 Å². The minimum Gasteiger partial charge on any atom is -0.369 e. The molecule has 0 atom stereocenters. The lowest BCUT2D eigenvalue weighted by Gasteiger charge is -2.34. The number of carbonyl (C=O) groups excluding carboxylic acids is 3. The average Bonchev–Trinajstić information content (AvgIpc) is 3.34. The molecule has 4 aromatic rings. The van der Waals surface area contributed by atoms with Crippen molar-refractivity contribution in [2.75, 3.05) is 54.1 Å². The van der Waals surface area contributed by atoms with Gasteiger partial charge < -0.3 is 25.8 Å². The van der Waals surface area contributed by atoms with E-state index in [2.05, 4.69) is 44.9 Å². The highest BCUT2D eigenvalue weighted by molar-refractivity contribution is 6.32. The fraction of sp³-hybridized carbons (Fsp3) is 0.147. The summed E-state index contributed by atoms with van der Waals surface area (Å²) in [6.45, 7) is 4.09. The summed E-state index contributed by atoms with van der Waals surface area (Å²) < 4.78 is 0. The van der Waals surface area contributed by atoms with E-state index in [0.29, 0.717) is 44.2 Å². The maximum Gasteiger partial charge on any atom is 0.257 e. The molecule has 0 saturated carbocycles. The number of benzene rings is 4. The summed E-state index contributed by atoms with van der Waals surface area (Å²) in [4.78, 5) is 43.5. The topological polar surface area (TPSA) is 93.8 Å². The lowest BCUT2D eigenvalue weighted by Crippen LogP contribution is -2.44. The van der Waals surface area contributed by atoms with E-state index >= 15 is 0 Å². The number of amides is 2. The molecule has 1 fully saturated rings. The second-order valence-electron chi connectivity index (χ2n) is 10.6.